The Morgan fingerprint density at radius 1 is 1.24 bits per heavy atom. The number of hydrogen-bond acceptors (Lipinski definition) is 5. The molecule has 2 aromatic carbocycles. The van der Waals surface area contributed by atoms with Crippen molar-refractivity contribution in [3.05, 3.63) is 58.2 Å². The molecule has 0 amide bonds. The van der Waals surface area contributed by atoms with Gasteiger partial charge in [0.1, 0.15) is 20.7 Å². The van der Waals surface area contributed by atoms with E-state index in [0.717, 1.165) is 27.8 Å². The number of halogens is 2. The number of thiophene rings is 1. The maximum atomic E-state index is 14.0. The number of carboxylic acid groups (broad SMARTS) is 1. The summed E-state index contributed by atoms with van der Waals surface area (Å²) in [4.78, 5) is 11.0. The molecule has 29 heavy (non-hydrogen) atoms. The maximum absolute atomic E-state index is 14.0. The minimum absolute atomic E-state index is 0.0624. The molecule has 0 bridgehead atoms. The molecule has 0 aliphatic heterocycles. The van der Waals surface area contributed by atoms with E-state index in [9.17, 15) is 23.1 Å². The van der Waals surface area contributed by atoms with Crippen LogP contribution in [0.4, 0.5) is 15.1 Å². The summed E-state index contributed by atoms with van der Waals surface area (Å²) >= 11 is 4.67. The zero-order chi connectivity index (χ0) is 21.3. The molecule has 0 saturated heterocycles. The zero-order valence-corrected chi connectivity index (χ0v) is 17.0. The quantitative estimate of drug-likeness (QED) is 0.455. The first-order valence-electron chi connectivity index (χ1n) is 7.83. The van der Waals surface area contributed by atoms with E-state index in [4.69, 9.17) is 21.4 Å². The minimum atomic E-state index is -2.56. The number of phenols is 1. The lowest BCUT2D eigenvalue weighted by atomic mass is 10.1. The number of nitrogens with zero attached hydrogens (tertiary/aromatic N) is 1. The molecule has 1 atom stereocenters. The second kappa shape index (κ2) is 8.37. The van der Waals surface area contributed by atoms with E-state index in [-0.39, 0.29) is 26.3 Å². The Kier molecular flexibility index (Phi) is 6.08. The fourth-order valence-corrected chi connectivity index (χ4v) is 4.65. The van der Waals surface area contributed by atoms with Crippen molar-refractivity contribution in [1.29, 1.82) is 0 Å². The molecule has 0 aliphatic carbocycles. The number of carbonyl (C=O) groups is 1. The summed E-state index contributed by atoms with van der Waals surface area (Å²) < 4.78 is 41.8. The lowest BCUT2D eigenvalue weighted by Crippen LogP contribution is -2.18. The molecule has 0 spiro atoms. The van der Waals surface area contributed by atoms with Gasteiger partial charge in [0.25, 0.3) is 11.3 Å². The number of methoxy groups -OCH3 is 1. The summed E-state index contributed by atoms with van der Waals surface area (Å²) in [6, 6.07) is 9.18. The fraction of sp³-hybridized carbons (Fsp3) is 0.0556. The van der Waals surface area contributed by atoms with Crippen LogP contribution in [0.15, 0.2) is 42.5 Å². The highest BCUT2D eigenvalue weighted by Crippen LogP contribution is 2.44. The van der Waals surface area contributed by atoms with Crippen LogP contribution in [0.25, 0.3) is 11.1 Å². The van der Waals surface area contributed by atoms with Crippen molar-refractivity contribution in [2.75, 3.05) is 11.4 Å². The molecule has 7 nitrogen and oxygen atoms in total. The number of aromatic carboxylic acids is 1. The molecule has 0 fully saturated rings. The van der Waals surface area contributed by atoms with E-state index >= 15 is 0 Å². The first-order chi connectivity index (χ1) is 13.7. The van der Waals surface area contributed by atoms with Gasteiger partial charge < -0.3 is 14.9 Å². The van der Waals surface area contributed by atoms with Gasteiger partial charge in [0.15, 0.2) is 11.6 Å². The average Bonchev–Trinajstić information content (AvgIpc) is 3.02. The molecular weight excluding hydrogens is 445 g/mol. The van der Waals surface area contributed by atoms with Gasteiger partial charge in [0, 0.05) is 11.6 Å². The summed E-state index contributed by atoms with van der Waals surface area (Å²) in [7, 11) is 1.34. The molecule has 152 valence electrons. The average molecular weight is 458 g/mol. The van der Waals surface area contributed by atoms with E-state index in [2.05, 4.69) is 0 Å². The van der Waals surface area contributed by atoms with Gasteiger partial charge >= 0.3 is 5.97 Å². The topological polar surface area (TPSA) is 107 Å². The van der Waals surface area contributed by atoms with Crippen molar-refractivity contribution in [3.8, 4) is 22.6 Å². The van der Waals surface area contributed by atoms with Crippen LogP contribution in [0.1, 0.15) is 10.4 Å². The molecule has 3 N–H and O–H groups in total. The maximum Gasteiger partial charge on any atom is 0.339 e. The number of aromatic hydroxyl groups is 1. The number of benzene rings is 2. The molecule has 3 aromatic rings. The van der Waals surface area contributed by atoms with Crippen LogP contribution in [0.2, 0.25) is 4.34 Å². The summed E-state index contributed by atoms with van der Waals surface area (Å²) in [5, 5.41) is 19.1. The summed E-state index contributed by atoms with van der Waals surface area (Å²) in [5.74, 6) is -2.43. The van der Waals surface area contributed by atoms with Gasteiger partial charge in [0.2, 0.25) is 0 Å². The second-order valence-electron chi connectivity index (χ2n) is 5.65. The third-order valence-electron chi connectivity index (χ3n) is 3.94. The molecule has 1 heterocycles. The van der Waals surface area contributed by atoms with Gasteiger partial charge in [0.05, 0.1) is 12.8 Å². The van der Waals surface area contributed by atoms with Gasteiger partial charge in [-0.25, -0.2) is 17.7 Å². The van der Waals surface area contributed by atoms with E-state index in [1.165, 1.54) is 31.4 Å². The predicted octanol–water partition coefficient (Wildman–Crippen LogP) is 4.89. The van der Waals surface area contributed by atoms with E-state index in [1.54, 1.807) is 6.07 Å². The highest BCUT2D eigenvalue weighted by atomic mass is 35.5. The van der Waals surface area contributed by atoms with Crippen molar-refractivity contribution in [2.45, 2.75) is 0 Å². The van der Waals surface area contributed by atoms with Crippen molar-refractivity contribution >= 4 is 50.9 Å². The third-order valence-corrected chi connectivity index (χ3v) is 6.12. The van der Waals surface area contributed by atoms with Crippen LogP contribution in [-0.2, 0) is 11.3 Å². The Bertz CT molecular complexity index is 1120. The predicted molar refractivity (Wildman–Crippen MR) is 109 cm³/mol. The minimum Gasteiger partial charge on any atom is -0.507 e. The van der Waals surface area contributed by atoms with Gasteiger partial charge in [-0.05, 0) is 35.9 Å². The molecule has 1 unspecified atom stereocenters. The molecular formula is C18H13ClFNO6S2. The SMILES string of the molecule is COc1ccc(-c2cc(N(c3ccc(C(=O)O)c(O)c3)S(=O)O)sc2Cl)cc1F. The van der Waals surface area contributed by atoms with Crippen LogP contribution in [0.5, 0.6) is 11.5 Å². The summed E-state index contributed by atoms with van der Waals surface area (Å²) in [6.07, 6.45) is 0. The van der Waals surface area contributed by atoms with Crippen molar-refractivity contribution < 1.29 is 32.9 Å². The van der Waals surface area contributed by atoms with Crippen molar-refractivity contribution in [1.82, 2.24) is 0 Å². The Morgan fingerprint density at radius 2 is 1.97 bits per heavy atom. The monoisotopic (exact) mass is 457 g/mol. The Morgan fingerprint density at radius 3 is 2.52 bits per heavy atom. The van der Waals surface area contributed by atoms with Gasteiger partial charge in [-0.1, -0.05) is 17.7 Å². The molecule has 1 aromatic heterocycles. The molecule has 3 rings (SSSR count). The van der Waals surface area contributed by atoms with Crippen LogP contribution in [0, 0.1) is 5.82 Å². The van der Waals surface area contributed by atoms with Crippen molar-refractivity contribution in [2.24, 2.45) is 0 Å². The Balaban J connectivity index is 2.05. The molecule has 0 radical (unpaired) electrons. The first-order valence-corrected chi connectivity index (χ1v) is 10.1. The largest absolute Gasteiger partial charge is 0.507 e. The van der Waals surface area contributed by atoms with Gasteiger partial charge in [-0.3, -0.25) is 4.55 Å². The van der Waals surface area contributed by atoms with E-state index in [0.29, 0.717) is 11.1 Å². The lowest BCUT2D eigenvalue weighted by Gasteiger charge is -2.18. The van der Waals surface area contributed by atoms with Gasteiger partial charge in [-0.15, -0.1) is 11.3 Å². The van der Waals surface area contributed by atoms with E-state index < -0.39 is 28.8 Å². The van der Waals surface area contributed by atoms with Crippen LogP contribution < -0.4 is 9.04 Å². The smallest absolute Gasteiger partial charge is 0.339 e. The number of rotatable bonds is 6. The second-order valence-corrected chi connectivity index (χ2v) is 8.11. The third kappa shape index (κ3) is 4.20. The van der Waals surface area contributed by atoms with Crippen LogP contribution in [0.3, 0.4) is 0 Å². The zero-order valence-electron chi connectivity index (χ0n) is 14.6. The number of carboxylic acids is 1. The number of anilines is 2. The van der Waals surface area contributed by atoms with Crippen LogP contribution >= 0.6 is 22.9 Å². The van der Waals surface area contributed by atoms with Crippen LogP contribution in [-0.4, -0.2) is 32.1 Å². The molecule has 0 saturated carbocycles. The Hall–Kier alpha value is -2.66. The van der Waals surface area contributed by atoms with Crippen molar-refractivity contribution in [3.63, 3.8) is 0 Å². The summed E-state index contributed by atoms with van der Waals surface area (Å²) in [6.45, 7) is 0. The normalized spacial score (nSPS) is 11.9. The molecule has 11 heteroatoms. The van der Waals surface area contributed by atoms with E-state index in [1.807, 2.05) is 0 Å². The highest BCUT2D eigenvalue weighted by Gasteiger charge is 2.22. The molecule has 0 aliphatic rings. The first kappa shape index (κ1) is 21.1. The Labute approximate surface area is 176 Å². The van der Waals surface area contributed by atoms with Gasteiger partial charge in [-0.2, -0.15) is 0 Å². The summed E-state index contributed by atoms with van der Waals surface area (Å²) in [5.41, 5.74) is 0.577. The fourth-order valence-electron chi connectivity index (χ4n) is 2.61. The number of hydrogen-bond donors (Lipinski definition) is 3. The highest BCUT2D eigenvalue weighted by molar-refractivity contribution is 7.81. The lowest BCUT2D eigenvalue weighted by molar-refractivity contribution is 0.0693. The standard InChI is InChI=1S/C18H13ClFNO6S2/c1-27-15-5-2-9(6-13(15)20)12-8-16(28-17(12)19)21(29(25)26)10-3-4-11(18(23)24)14(22)7-10/h2-8,22H,1H3,(H,23,24)(H,25,26). The number of ether oxygens (including phenoxy) is 1.